The molecule has 5 heteroatoms. The molecule has 0 aliphatic carbocycles. The Kier molecular flexibility index (Phi) is 10.3. The van der Waals surface area contributed by atoms with Gasteiger partial charge in [0.15, 0.2) is 0 Å². The molecular weight excluding hydrogens is 228 g/mol. The Bertz CT molecular complexity index is 206. The highest BCUT2D eigenvalue weighted by molar-refractivity contribution is 7.80. The third-order valence-corrected chi connectivity index (χ3v) is 2.25. The monoisotopic (exact) mass is 248 g/mol. The van der Waals surface area contributed by atoms with Crippen LogP contribution < -0.4 is 0 Å². The van der Waals surface area contributed by atoms with Gasteiger partial charge in [-0.3, -0.25) is 9.59 Å². The van der Waals surface area contributed by atoms with Crippen LogP contribution in [0.25, 0.3) is 0 Å². The molecule has 0 fully saturated rings. The Labute approximate surface area is 102 Å². The second-order valence-electron chi connectivity index (χ2n) is 3.33. The normalized spacial score (nSPS) is 9.88. The molecule has 0 atom stereocenters. The molecule has 0 radical (unpaired) electrons. The van der Waals surface area contributed by atoms with E-state index in [-0.39, 0.29) is 25.2 Å². The third-order valence-electron chi connectivity index (χ3n) is 1.94. The van der Waals surface area contributed by atoms with Crippen molar-refractivity contribution in [3.8, 4) is 0 Å². The topological polar surface area (TPSA) is 52.6 Å². The lowest BCUT2D eigenvalue weighted by molar-refractivity contribution is -0.152. The van der Waals surface area contributed by atoms with Crippen LogP contribution in [0.1, 0.15) is 39.0 Å². The Morgan fingerprint density at radius 3 is 2.19 bits per heavy atom. The van der Waals surface area contributed by atoms with E-state index in [4.69, 9.17) is 9.47 Å². The van der Waals surface area contributed by atoms with E-state index < -0.39 is 0 Å². The molecular formula is C11H20O4S. The molecule has 0 heterocycles. The summed E-state index contributed by atoms with van der Waals surface area (Å²) in [7, 11) is 0. The number of rotatable bonds is 9. The van der Waals surface area contributed by atoms with Crippen LogP contribution in [-0.4, -0.2) is 30.9 Å². The summed E-state index contributed by atoms with van der Waals surface area (Å²) in [6.45, 7) is 2.02. The number of ether oxygens (including phenoxy) is 2. The maximum atomic E-state index is 11.1. The van der Waals surface area contributed by atoms with Crippen molar-refractivity contribution in [1.29, 1.82) is 0 Å². The summed E-state index contributed by atoms with van der Waals surface area (Å²) in [6.07, 6.45) is 3.61. The molecule has 0 amide bonds. The molecule has 0 aromatic heterocycles. The fourth-order valence-electron chi connectivity index (χ4n) is 1.04. The van der Waals surface area contributed by atoms with Crippen LogP contribution in [0.5, 0.6) is 0 Å². The maximum absolute atomic E-state index is 11.1. The van der Waals surface area contributed by atoms with Gasteiger partial charge in [-0.05, 0) is 18.6 Å². The number of carbonyl (C=O) groups is 2. The van der Waals surface area contributed by atoms with Gasteiger partial charge in [0.1, 0.15) is 13.2 Å². The number of unbranched alkanes of at least 4 members (excludes halogenated alkanes) is 2. The molecule has 0 aliphatic rings. The molecule has 94 valence electrons. The number of hydrogen-bond donors (Lipinski definition) is 1. The van der Waals surface area contributed by atoms with Crippen molar-refractivity contribution < 1.29 is 19.1 Å². The smallest absolute Gasteiger partial charge is 0.305 e. The van der Waals surface area contributed by atoms with Crippen molar-refractivity contribution >= 4 is 24.6 Å². The van der Waals surface area contributed by atoms with Gasteiger partial charge in [-0.2, -0.15) is 12.6 Å². The van der Waals surface area contributed by atoms with Crippen molar-refractivity contribution in [2.75, 3.05) is 19.0 Å². The first-order valence-electron chi connectivity index (χ1n) is 5.62. The average Bonchev–Trinajstić information content (AvgIpc) is 2.30. The fraction of sp³-hybridized carbons (Fsp3) is 0.818. The zero-order valence-electron chi connectivity index (χ0n) is 9.74. The molecule has 0 aliphatic heterocycles. The second-order valence-corrected chi connectivity index (χ2v) is 3.78. The quantitative estimate of drug-likeness (QED) is 0.385. The molecule has 0 bridgehead atoms. The minimum atomic E-state index is -0.273. The molecule has 0 N–H and O–H groups in total. The zero-order chi connectivity index (χ0) is 12.2. The maximum Gasteiger partial charge on any atom is 0.305 e. The van der Waals surface area contributed by atoms with Gasteiger partial charge in [0.25, 0.3) is 0 Å². The summed E-state index contributed by atoms with van der Waals surface area (Å²) < 4.78 is 9.64. The zero-order valence-corrected chi connectivity index (χ0v) is 10.6. The van der Waals surface area contributed by atoms with Crippen molar-refractivity contribution in [2.24, 2.45) is 0 Å². The van der Waals surface area contributed by atoms with Gasteiger partial charge in [-0.1, -0.05) is 13.3 Å². The van der Waals surface area contributed by atoms with E-state index in [1.54, 1.807) is 6.92 Å². The van der Waals surface area contributed by atoms with Crippen LogP contribution in [0.15, 0.2) is 0 Å². The summed E-state index contributed by atoms with van der Waals surface area (Å²) in [5, 5.41) is 0. The van der Waals surface area contributed by atoms with Gasteiger partial charge in [-0.15, -0.1) is 0 Å². The summed E-state index contributed by atoms with van der Waals surface area (Å²) in [6, 6.07) is 0. The van der Waals surface area contributed by atoms with Crippen LogP contribution in [-0.2, 0) is 19.1 Å². The first-order chi connectivity index (χ1) is 7.70. The van der Waals surface area contributed by atoms with Crippen LogP contribution in [0.4, 0.5) is 0 Å². The minimum absolute atomic E-state index is 0.148. The standard InChI is InChI=1S/C11H20O4S/c1-2-10(12)14-7-8-15-11(13)6-4-3-5-9-16/h16H,2-9H2,1H3. The lowest BCUT2D eigenvalue weighted by atomic mass is 10.2. The van der Waals surface area contributed by atoms with Gasteiger partial charge in [0, 0.05) is 12.8 Å². The first kappa shape index (κ1) is 15.3. The Morgan fingerprint density at radius 1 is 1.00 bits per heavy atom. The molecule has 0 spiro atoms. The van der Waals surface area contributed by atoms with Crippen LogP contribution in [0.3, 0.4) is 0 Å². The predicted molar refractivity (Wildman–Crippen MR) is 64.5 cm³/mol. The van der Waals surface area contributed by atoms with Crippen molar-refractivity contribution in [3.63, 3.8) is 0 Å². The number of hydrogen-bond acceptors (Lipinski definition) is 5. The van der Waals surface area contributed by atoms with Gasteiger partial charge in [-0.25, -0.2) is 0 Å². The SMILES string of the molecule is CCC(=O)OCCOC(=O)CCCCCS. The highest BCUT2D eigenvalue weighted by Crippen LogP contribution is 2.02. The first-order valence-corrected chi connectivity index (χ1v) is 6.26. The predicted octanol–water partition coefficient (Wildman–Crippen LogP) is 1.97. The van der Waals surface area contributed by atoms with Crippen molar-refractivity contribution in [3.05, 3.63) is 0 Å². The lowest BCUT2D eigenvalue weighted by Gasteiger charge is -2.05. The molecule has 0 saturated heterocycles. The molecule has 0 aromatic carbocycles. The van der Waals surface area contributed by atoms with Gasteiger partial charge in [0.05, 0.1) is 0 Å². The van der Waals surface area contributed by atoms with E-state index in [1.165, 1.54) is 0 Å². The summed E-state index contributed by atoms with van der Waals surface area (Å²) in [4.78, 5) is 21.9. The van der Waals surface area contributed by atoms with E-state index in [1.807, 2.05) is 0 Å². The minimum Gasteiger partial charge on any atom is -0.462 e. The molecule has 4 nitrogen and oxygen atoms in total. The van der Waals surface area contributed by atoms with Crippen LogP contribution in [0.2, 0.25) is 0 Å². The largest absolute Gasteiger partial charge is 0.462 e. The Morgan fingerprint density at radius 2 is 1.62 bits per heavy atom. The second kappa shape index (κ2) is 10.8. The van der Waals surface area contributed by atoms with E-state index >= 15 is 0 Å². The van der Waals surface area contributed by atoms with Gasteiger partial charge >= 0.3 is 11.9 Å². The Balaban J connectivity index is 3.27. The van der Waals surface area contributed by atoms with E-state index in [0.717, 1.165) is 25.0 Å². The van der Waals surface area contributed by atoms with Crippen molar-refractivity contribution in [2.45, 2.75) is 39.0 Å². The van der Waals surface area contributed by atoms with Gasteiger partial charge < -0.3 is 9.47 Å². The van der Waals surface area contributed by atoms with E-state index in [0.29, 0.717) is 12.8 Å². The number of carbonyl (C=O) groups excluding carboxylic acids is 2. The average molecular weight is 248 g/mol. The van der Waals surface area contributed by atoms with Crippen molar-refractivity contribution in [1.82, 2.24) is 0 Å². The highest BCUT2D eigenvalue weighted by atomic mass is 32.1. The molecule has 0 rings (SSSR count). The summed E-state index contributed by atoms with van der Waals surface area (Å²) in [5.41, 5.74) is 0. The molecule has 0 saturated carbocycles. The molecule has 16 heavy (non-hydrogen) atoms. The third kappa shape index (κ3) is 9.83. The highest BCUT2D eigenvalue weighted by Gasteiger charge is 2.03. The van der Waals surface area contributed by atoms with Crippen LogP contribution >= 0.6 is 12.6 Å². The van der Waals surface area contributed by atoms with E-state index in [2.05, 4.69) is 12.6 Å². The molecule has 0 unspecified atom stereocenters. The summed E-state index contributed by atoms with van der Waals surface area (Å²) >= 11 is 4.08. The van der Waals surface area contributed by atoms with Gasteiger partial charge in [0.2, 0.25) is 0 Å². The lowest BCUT2D eigenvalue weighted by Crippen LogP contribution is -2.13. The molecule has 0 aromatic rings. The van der Waals surface area contributed by atoms with Crippen LogP contribution in [0, 0.1) is 0 Å². The Hall–Kier alpha value is -0.710. The summed E-state index contributed by atoms with van der Waals surface area (Å²) in [5.74, 6) is 0.346. The number of esters is 2. The van der Waals surface area contributed by atoms with E-state index in [9.17, 15) is 9.59 Å². The number of thiol groups is 1. The fourth-order valence-corrected chi connectivity index (χ4v) is 1.27.